The van der Waals surface area contributed by atoms with Crippen LogP contribution < -0.4 is 0 Å². The van der Waals surface area contributed by atoms with E-state index in [9.17, 15) is 4.79 Å². The summed E-state index contributed by atoms with van der Waals surface area (Å²) in [7, 11) is 0. The van der Waals surface area contributed by atoms with E-state index in [1.165, 1.54) is 30.5 Å². The fourth-order valence-electron chi connectivity index (χ4n) is 5.08. The van der Waals surface area contributed by atoms with Crippen LogP contribution >= 0.6 is 0 Å². The molecular weight excluding hydrogens is 360 g/mol. The molecule has 1 spiro atoms. The van der Waals surface area contributed by atoms with E-state index >= 15 is 0 Å². The third-order valence-corrected chi connectivity index (χ3v) is 7.02. The van der Waals surface area contributed by atoms with Gasteiger partial charge in [0.15, 0.2) is 0 Å². The summed E-state index contributed by atoms with van der Waals surface area (Å²) in [5, 5.41) is 7.38. The third kappa shape index (κ3) is 4.72. The van der Waals surface area contributed by atoms with Crippen molar-refractivity contribution < 1.29 is 4.79 Å². The molecule has 1 atom stereocenters. The van der Waals surface area contributed by atoms with Crippen LogP contribution in [0.1, 0.15) is 48.2 Å². The lowest BCUT2D eigenvalue weighted by molar-refractivity contribution is -0.130. The minimum absolute atomic E-state index is 0.295. The lowest BCUT2D eigenvalue weighted by Crippen LogP contribution is -2.46. The summed E-state index contributed by atoms with van der Waals surface area (Å²) >= 11 is 0. The maximum absolute atomic E-state index is 12.8. The number of carbonyl (C=O) groups excluding carboxylic acids is 1. The zero-order chi connectivity index (χ0) is 20.3. The molecule has 2 aliphatic heterocycles. The first-order valence-corrected chi connectivity index (χ1v) is 11.1. The quantitative estimate of drug-likeness (QED) is 0.816. The summed E-state index contributed by atoms with van der Waals surface area (Å²) in [4.78, 5) is 17.6. The number of piperidine rings is 1. The van der Waals surface area contributed by atoms with Crippen molar-refractivity contribution in [3.05, 3.63) is 52.8 Å². The van der Waals surface area contributed by atoms with Crippen LogP contribution in [0, 0.1) is 19.3 Å². The van der Waals surface area contributed by atoms with Crippen molar-refractivity contribution in [2.45, 2.75) is 52.4 Å². The number of likely N-dealkylation sites (tertiary alicyclic amines) is 2. The van der Waals surface area contributed by atoms with Gasteiger partial charge in [-0.25, -0.2) is 0 Å². The number of amides is 1. The number of rotatable bonds is 6. The third-order valence-electron chi connectivity index (χ3n) is 7.02. The molecule has 1 aromatic carbocycles. The Morgan fingerprint density at radius 2 is 1.93 bits per heavy atom. The highest BCUT2D eigenvalue weighted by Crippen LogP contribution is 2.39. The van der Waals surface area contributed by atoms with Crippen LogP contribution in [0.15, 0.2) is 30.3 Å². The summed E-state index contributed by atoms with van der Waals surface area (Å²) in [5.74, 6) is 0.295. The van der Waals surface area contributed by atoms with Gasteiger partial charge in [0.2, 0.25) is 5.91 Å². The number of hydrogen-bond acceptors (Lipinski definition) is 3. The molecule has 4 rings (SSSR count). The van der Waals surface area contributed by atoms with Crippen LogP contribution in [-0.4, -0.2) is 58.6 Å². The van der Waals surface area contributed by atoms with E-state index in [1.807, 2.05) is 6.92 Å². The van der Waals surface area contributed by atoms with Crippen LogP contribution in [0.5, 0.6) is 0 Å². The smallest absolute Gasteiger partial charge is 0.222 e. The van der Waals surface area contributed by atoms with Crippen molar-refractivity contribution in [3.8, 4) is 0 Å². The molecule has 0 aliphatic carbocycles. The van der Waals surface area contributed by atoms with Crippen molar-refractivity contribution in [1.82, 2.24) is 20.0 Å². The van der Waals surface area contributed by atoms with Gasteiger partial charge in [-0.3, -0.25) is 9.89 Å². The first-order chi connectivity index (χ1) is 14.0. The number of nitrogens with one attached hydrogen (secondary N) is 1. The Bertz CT molecular complexity index is 831. The van der Waals surface area contributed by atoms with Gasteiger partial charge in [0.05, 0.1) is 5.69 Å². The molecule has 2 aliphatic rings. The van der Waals surface area contributed by atoms with E-state index in [0.29, 0.717) is 17.7 Å². The number of hydrogen-bond donors (Lipinski definition) is 1. The second-order valence-corrected chi connectivity index (χ2v) is 9.10. The van der Waals surface area contributed by atoms with Crippen molar-refractivity contribution >= 4 is 5.91 Å². The van der Waals surface area contributed by atoms with Crippen molar-refractivity contribution in [2.75, 3.05) is 32.7 Å². The Labute approximate surface area is 174 Å². The van der Waals surface area contributed by atoms with Crippen LogP contribution in [0.2, 0.25) is 0 Å². The molecule has 1 N–H and O–H groups in total. The predicted octanol–water partition coefficient (Wildman–Crippen LogP) is 3.52. The molecule has 3 heterocycles. The molecule has 1 amide bonds. The first-order valence-electron chi connectivity index (χ1n) is 11.1. The predicted molar refractivity (Wildman–Crippen MR) is 116 cm³/mol. The number of aromatic nitrogens is 2. The Morgan fingerprint density at radius 3 is 2.69 bits per heavy atom. The van der Waals surface area contributed by atoms with Crippen molar-refractivity contribution in [2.24, 2.45) is 5.41 Å². The number of H-pyrrole nitrogens is 1. The Kier molecular flexibility index (Phi) is 6.04. The van der Waals surface area contributed by atoms with Gasteiger partial charge in [-0.05, 0) is 57.2 Å². The molecule has 2 fully saturated rings. The fraction of sp³-hybridized carbons (Fsp3) is 0.583. The lowest BCUT2D eigenvalue weighted by Gasteiger charge is -2.40. The Balaban J connectivity index is 1.28. The molecule has 0 bridgehead atoms. The summed E-state index contributed by atoms with van der Waals surface area (Å²) in [5.41, 5.74) is 5.06. The molecule has 5 nitrogen and oxygen atoms in total. The molecule has 1 unspecified atom stereocenters. The topological polar surface area (TPSA) is 52.2 Å². The minimum atomic E-state index is 0.295. The molecule has 156 valence electrons. The van der Waals surface area contributed by atoms with Crippen molar-refractivity contribution in [1.29, 1.82) is 0 Å². The average Bonchev–Trinajstić information content (AvgIpc) is 3.29. The highest BCUT2D eigenvalue weighted by atomic mass is 16.2. The second-order valence-electron chi connectivity index (χ2n) is 9.10. The summed E-state index contributed by atoms with van der Waals surface area (Å²) < 4.78 is 0. The number of carbonyl (C=O) groups is 1. The Morgan fingerprint density at radius 1 is 1.10 bits per heavy atom. The van der Waals surface area contributed by atoms with Gasteiger partial charge < -0.3 is 9.80 Å². The summed E-state index contributed by atoms with van der Waals surface area (Å²) in [6.07, 6.45) is 6.09. The van der Waals surface area contributed by atoms with Crippen LogP contribution in [0.3, 0.4) is 0 Å². The van der Waals surface area contributed by atoms with Crippen LogP contribution in [0.4, 0.5) is 0 Å². The van der Waals surface area contributed by atoms with Crippen LogP contribution in [0.25, 0.3) is 0 Å². The number of nitrogens with zero attached hydrogens (tertiary/aromatic N) is 3. The summed E-state index contributed by atoms with van der Waals surface area (Å²) in [6, 6.07) is 10.8. The normalized spacial score (nSPS) is 22.5. The van der Waals surface area contributed by atoms with E-state index in [-0.39, 0.29) is 0 Å². The Hall–Kier alpha value is -2.14. The zero-order valence-corrected chi connectivity index (χ0v) is 17.9. The highest BCUT2D eigenvalue weighted by Gasteiger charge is 2.42. The number of benzene rings is 1. The van der Waals surface area contributed by atoms with Gasteiger partial charge >= 0.3 is 0 Å². The lowest BCUT2D eigenvalue weighted by atomic mass is 9.79. The molecular formula is C24H34N4O. The van der Waals surface area contributed by atoms with Crippen molar-refractivity contribution in [3.63, 3.8) is 0 Å². The maximum Gasteiger partial charge on any atom is 0.222 e. The van der Waals surface area contributed by atoms with E-state index in [0.717, 1.165) is 56.8 Å². The van der Waals surface area contributed by atoms with Gasteiger partial charge in [0.1, 0.15) is 0 Å². The van der Waals surface area contributed by atoms with E-state index in [1.54, 1.807) is 0 Å². The fourth-order valence-corrected chi connectivity index (χ4v) is 5.08. The van der Waals surface area contributed by atoms with Gasteiger partial charge in [-0.2, -0.15) is 5.10 Å². The second kappa shape index (κ2) is 8.70. The van der Waals surface area contributed by atoms with E-state index in [4.69, 9.17) is 0 Å². The molecule has 1 aromatic heterocycles. The largest absolute Gasteiger partial charge is 0.342 e. The molecule has 2 aromatic rings. The SMILES string of the molecule is Cc1[nH]nc(CCC(=O)N2CCC3(CCCN(CCc4ccccc4)C3)C2)c1C. The van der Waals surface area contributed by atoms with Gasteiger partial charge in [-0.1, -0.05) is 30.3 Å². The van der Waals surface area contributed by atoms with Crippen LogP contribution in [-0.2, 0) is 17.6 Å². The number of aryl methyl sites for hydroxylation is 2. The minimum Gasteiger partial charge on any atom is -0.342 e. The van der Waals surface area contributed by atoms with E-state index in [2.05, 4.69) is 57.3 Å². The molecule has 0 saturated carbocycles. The first kappa shape index (κ1) is 20.1. The maximum atomic E-state index is 12.8. The standard InChI is InChI=1S/C24H34N4O/c1-19-20(2)25-26-22(19)9-10-23(29)28-16-13-24(18-28)12-6-14-27(17-24)15-11-21-7-4-3-5-8-21/h3-5,7-8H,6,9-18H2,1-2H3,(H,25,26). The van der Waals surface area contributed by atoms with Gasteiger partial charge in [0, 0.05) is 50.1 Å². The molecule has 0 radical (unpaired) electrons. The summed E-state index contributed by atoms with van der Waals surface area (Å²) in [6.45, 7) is 9.43. The average molecular weight is 395 g/mol. The monoisotopic (exact) mass is 394 g/mol. The highest BCUT2D eigenvalue weighted by molar-refractivity contribution is 5.76. The number of aromatic amines is 1. The molecule has 2 saturated heterocycles. The van der Waals surface area contributed by atoms with Gasteiger partial charge in [-0.15, -0.1) is 0 Å². The van der Waals surface area contributed by atoms with E-state index < -0.39 is 0 Å². The molecule has 29 heavy (non-hydrogen) atoms. The molecule has 5 heteroatoms. The van der Waals surface area contributed by atoms with Gasteiger partial charge in [0.25, 0.3) is 0 Å². The zero-order valence-electron chi connectivity index (χ0n) is 17.9.